The van der Waals surface area contributed by atoms with E-state index in [1.54, 1.807) is 0 Å². The lowest BCUT2D eigenvalue weighted by Gasteiger charge is -2.26. The van der Waals surface area contributed by atoms with Crippen molar-refractivity contribution in [2.24, 2.45) is 0 Å². The first-order valence-corrected chi connectivity index (χ1v) is 8.43. The monoisotopic (exact) mass is 355 g/mol. The molecule has 0 aliphatic carbocycles. The molecule has 1 N–H and O–H groups in total. The van der Waals surface area contributed by atoms with Crippen molar-refractivity contribution in [3.63, 3.8) is 0 Å². The number of benzene rings is 1. The molecule has 0 spiro atoms. The van der Waals surface area contributed by atoms with E-state index >= 15 is 0 Å². The molecular formula is C16H22ClN3O4. The molecule has 24 heavy (non-hydrogen) atoms. The van der Waals surface area contributed by atoms with Crippen LogP contribution in [0.1, 0.15) is 32.1 Å². The van der Waals surface area contributed by atoms with Crippen molar-refractivity contribution in [3.8, 4) is 5.75 Å². The normalized spacial score (nSPS) is 15.1. The van der Waals surface area contributed by atoms with E-state index in [1.807, 2.05) is 0 Å². The summed E-state index contributed by atoms with van der Waals surface area (Å²) >= 11 is 5.89. The van der Waals surface area contributed by atoms with Gasteiger partial charge >= 0.3 is 0 Å². The van der Waals surface area contributed by atoms with E-state index in [9.17, 15) is 14.9 Å². The minimum atomic E-state index is -0.588. The quantitative estimate of drug-likeness (QED) is 0.598. The molecule has 1 aromatic carbocycles. The molecule has 1 aliphatic heterocycles. The highest BCUT2D eigenvalue weighted by Gasteiger charge is 2.19. The van der Waals surface area contributed by atoms with E-state index in [0.29, 0.717) is 12.1 Å². The van der Waals surface area contributed by atoms with Gasteiger partial charge in [-0.05, 0) is 45.0 Å². The van der Waals surface area contributed by atoms with Gasteiger partial charge in [-0.15, -0.1) is 0 Å². The number of piperidine rings is 1. The van der Waals surface area contributed by atoms with Crippen molar-refractivity contribution in [2.75, 3.05) is 32.1 Å². The van der Waals surface area contributed by atoms with Gasteiger partial charge in [-0.2, -0.15) is 0 Å². The van der Waals surface area contributed by atoms with Crippen LogP contribution in [-0.2, 0) is 4.79 Å². The number of methoxy groups -OCH3 is 1. The summed E-state index contributed by atoms with van der Waals surface area (Å²) in [5.74, 6) is 0.0608. The molecule has 1 amide bonds. The lowest BCUT2D eigenvalue weighted by Crippen LogP contribution is -2.31. The summed E-state index contributed by atoms with van der Waals surface area (Å²) in [4.78, 5) is 24.8. The van der Waals surface area contributed by atoms with Crippen LogP contribution in [0.25, 0.3) is 0 Å². The average molecular weight is 356 g/mol. The van der Waals surface area contributed by atoms with E-state index in [2.05, 4.69) is 10.2 Å². The molecule has 0 bridgehead atoms. The fourth-order valence-electron chi connectivity index (χ4n) is 2.81. The summed E-state index contributed by atoms with van der Waals surface area (Å²) in [5, 5.41) is 13.6. The van der Waals surface area contributed by atoms with Crippen LogP contribution in [-0.4, -0.2) is 42.5 Å². The number of hydrogen-bond acceptors (Lipinski definition) is 5. The van der Waals surface area contributed by atoms with Gasteiger partial charge in [-0.3, -0.25) is 14.9 Å². The Morgan fingerprint density at radius 3 is 2.71 bits per heavy atom. The summed E-state index contributed by atoms with van der Waals surface area (Å²) in [5.41, 5.74) is 0.0905. The number of likely N-dealkylation sites (tertiary alicyclic amines) is 1. The lowest BCUT2D eigenvalue weighted by atomic mass is 10.1. The predicted octanol–water partition coefficient (Wildman–Crippen LogP) is 3.46. The smallest absolute Gasteiger partial charge is 0.291 e. The first kappa shape index (κ1) is 18.5. The molecule has 8 heteroatoms. The molecule has 0 atom stereocenters. The van der Waals surface area contributed by atoms with Crippen molar-refractivity contribution in [1.29, 1.82) is 0 Å². The van der Waals surface area contributed by atoms with Gasteiger partial charge in [0, 0.05) is 6.42 Å². The fourth-order valence-corrected chi connectivity index (χ4v) is 3.04. The van der Waals surface area contributed by atoms with Gasteiger partial charge in [0.2, 0.25) is 5.91 Å². The second-order valence-corrected chi connectivity index (χ2v) is 6.22. The van der Waals surface area contributed by atoms with Crippen molar-refractivity contribution in [2.45, 2.75) is 32.1 Å². The Morgan fingerprint density at radius 2 is 2.08 bits per heavy atom. The van der Waals surface area contributed by atoms with Crippen LogP contribution >= 0.6 is 11.6 Å². The van der Waals surface area contributed by atoms with Gasteiger partial charge in [0.25, 0.3) is 5.69 Å². The molecule has 1 saturated heterocycles. The third kappa shape index (κ3) is 5.07. The molecule has 0 saturated carbocycles. The molecule has 7 nitrogen and oxygen atoms in total. The van der Waals surface area contributed by atoms with Crippen LogP contribution in [0.4, 0.5) is 11.4 Å². The van der Waals surface area contributed by atoms with Crippen molar-refractivity contribution < 1.29 is 14.5 Å². The second-order valence-electron chi connectivity index (χ2n) is 5.82. The van der Waals surface area contributed by atoms with Gasteiger partial charge < -0.3 is 15.0 Å². The number of nitro groups is 1. The third-order valence-corrected chi connectivity index (χ3v) is 4.37. The number of hydrogen-bond donors (Lipinski definition) is 1. The van der Waals surface area contributed by atoms with E-state index in [0.717, 1.165) is 26.1 Å². The summed E-state index contributed by atoms with van der Waals surface area (Å²) in [7, 11) is 1.39. The Balaban J connectivity index is 1.90. The summed E-state index contributed by atoms with van der Waals surface area (Å²) in [6, 6.07) is 2.56. The number of carbonyl (C=O) groups is 1. The lowest BCUT2D eigenvalue weighted by molar-refractivity contribution is -0.384. The zero-order chi connectivity index (χ0) is 17.5. The number of rotatable bonds is 7. The highest BCUT2D eigenvalue weighted by Crippen LogP contribution is 2.35. The first-order valence-electron chi connectivity index (χ1n) is 8.05. The number of nitrogens with one attached hydrogen (secondary N) is 1. The minimum absolute atomic E-state index is 0.0376. The Kier molecular flexibility index (Phi) is 6.81. The first-order chi connectivity index (χ1) is 11.5. The molecule has 1 heterocycles. The standard InChI is InChI=1S/C16H22ClN3O4/c1-24-15-11-14(20(22)23)12(17)10-13(15)18-16(21)6-5-9-19-7-3-2-4-8-19/h10-11H,2-9H2,1H3,(H,18,21). The largest absolute Gasteiger partial charge is 0.494 e. The number of ether oxygens (including phenoxy) is 1. The Morgan fingerprint density at radius 1 is 1.38 bits per heavy atom. The number of halogens is 1. The van der Waals surface area contributed by atoms with Gasteiger partial charge in [0.15, 0.2) is 0 Å². The SMILES string of the molecule is COc1cc([N+](=O)[O-])c(Cl)cc1NC(=O)CCCN1CCCCC1. The third-order valence-electron chi connectivity index (χ3n) is 4.07. The maximum absolute atomic E-state index is 12.1. The highest BCUT2D eigenvalue weighted by molar-refractivity contribution is 6.33. The van der Waals surface area contributed by atoms with Gasteiger partial charge in [-0.25, -0.2) is 0 Å². The molecule has 0 radical (unpaired) electrons. The highest BCUT2D eigenvalue weighted by atomic mass is 35.5. The number of nitro benzene ring substituents is 1. The number of nitrogens with zero attached hydrogens (tertiary/aromatic N) is 2. The van der Waals surface area contributed by atoms with Crippen LogP contribution in [0.15, 0.2) is 12.1 Å². The van der Waals surface area contributed by atoms with Crippen molar-refractivity contribution in [1.82, 2.24) is 4.90 Å². The van der Waals surface area contributed by atoms with Gasteiger partial charge in [0.05, 0.1) is 23.8 Å². The maximum Gasteiger partial charge on any atom is 0.291 e. The van der Waals surface area contributed by atoms with E-state index in [1.165, 1.54) is 38.5 Å². The minimum Gasteiger partial charge on any atom is -0.494 e. The number of carbonyl (C=O) groups excluding carboxylic acids is 1. The molecular weight excluding hydrogens is 334 g/mol. The van der Waals surface area contributed by atoms with Gasteiger partial charge in [-0.1, -0.05) is 18.0 Å². The van der Waals surface area contributed by atoms with Crippen molar-refractivity contribution in [3.05, 3.63) is 27.3 Å². The molecule has 1 aromatic rings. The van der Waals surface area contributed by atoms with Gasteiger partial charge in [0.1, 0.15) is 10.8 Å². The fraction of sp³-hybridized carbons (Fsp3) is 0.562. The van der Waals surface area contributed by atoms with Crippen LogP contribution in [0.5, 0.6) is 5.75 Å². The second kappa shape index (κ2) is 8.84. The topological polar surface area (TPSA) is 84.7 Å². The Hall–Kier alpha value is -1.86. The Labute approximate surface area is 146 Å². The predicted molar refractivity (Wildman–Crippen MR) is 92.8 cm³/mol. The molecule has 132 valence electrons. The van der Waals surface area contributed by atoms with E-state index in [-0.39, 0.29) is 22.4 Å². The molecule has 0 aromatic heterocycles. The number of anilines is 1. The van der Waals surface area contributed by atoms with E-state index < -0.39 is 4.92 Å². The van der Waals surface area contributed by atoms with Crippen LogP contribution in [0, 0.1) is 10.1 Å². The Bertz CT molecular complexity index is 603. The van der Waals surface area contributed by atoms with Crippen LogP contribution in [0.2, 0.25) is 5.02 Å². The summed E-state index contributed by atoms with van der Waals surface area (Å²) < 4.78 is 5.11. The van der Waals surface area contributed by atoms with Crippen LogP contribution < -0.4 is 10.1 Å². The molecule has 1 aliphatic rings. The average Bonchev–Trinajstić information content (AvgIpc) is 2.55. The molecule has 2 rings (SSSR count). The van der Waals surface area contributed by atoms with E-state index in [4.69, 9.17) is 16.3 Å². The summed E-state index contributed by atoms with van der Waals surface area (Å²) in [6.07, 6.45) is 4.90. The van der Waals surface area contributed by atoms with Crippen LogP contribution in [0.3, 0.4) is 0 Å². The zero-order valence-corrected chi connectivity index (χ0v) is 14.5. The molecule has 0 unspecified atom stereocenters. The van der Waals surface area contributed by atoms with Crippen molar-refractivity contribution >= 4 is 28.9 Å². The zero-order valence-electron chi connectivity index (χ0n) is 13.7. The summed E-state index contributed by atoms with van der Waals surface area (Å²) in [6.45, 7) is 3.12. The maximum atomic E-state index is 12.1. The molecule has 1 fully saturated rings. The number of amides is 1.